The molecule has 1 fully saturated rings. The Morgan fingerprint density at radius 1 is 0.478 bits per heavy atom. The minimum atomic E-state index is -0.348. The van der Waals surface area contributed by atoms with Crippen LogP contribution in [0.25, 0.3) is 0 Å². The Morgan fingerprint density at radius 2 is 0.761 bits per heavy atom. The smallest absolute Gasteiger partial charge is 0.306 e. The number of nitrogens with zero attached hydrogens (tertiary/aromatic N) is 1. The van der Waals surface area contributed by atoms with Crippen molar-refractivity contribution in [2.45, 2.75) is 206 Å². The highest BCUT2D eigenvalue weighted by atomic mass is 16.6. The summed E-state index contributed by atoms with van der Waals surface area (Å²) in [7, 11) is 1.99. The zero-order chi connectivity index (χ0) is 33.3. The number of carbonyl (C=O) groups excluding carboxylic acids is 2. The first-order valence-corrected chi connectivity index (χ1v) is 19.9. The van der Waals surface area contributed by atoms with Gasteiger partial charge in [-0.25, -0.2) is 0 Å². The topological polar surface area (TPSA) is 55.8 Å². The van der Waals surface area contributed by atoms with Gasteiger partial charge in [-0.2, -0.15) is 0 Å². The van der Waals surface area contributed by atoms with Crippen molar-refractivity contribution in [1.82, 2.24) is 4.90 Å². The van der Waals surface area contributed by atoms with Crippen molar-refractivity contribution < 1.29 is 19.1 Å². The van der Waals surface area contributed by atoms with E-state index in [1.807, 2.05) is 7.05 Å². The fraction of sp³-hybridized carbons (Fsp3) is 0.854. The minimum absolute atomic E-state index is 0.156. The highest BCUT2D eigenvalue weighted by molar-refractivity contribution is 5.70. The Kier molecular flexibility index (Phi) is 29.5. The molecule has 1 aliphatic heterocycles. The molecule has 46 heavy (non-hydrogen) atoms. The van der Waals surface area contributed by atoms with Gasteiger partial charge in [0.05, 0.1) is 0 Å². The average molecular weight is 646 g/mol. The van der Waals surface area contributed by atoms with Crippen molar-refractivity contribution in [2.75, 3.05) is 20.1 Å². The largest absolute Gasteiger partial charge is 0.457 e. The van der Waals surface area contributed by atoms with E-state index in [0.29, 0.717) is 25.9 Å². The predicted molar refractivity (Wildman–Crippen MR) is 196 cm³/mol. The van der Waals surface area contributed by atoms with Gasteiger partial charge in [0.2, 0.25) is 0 Å². The van der Waals surface area contributed by atoms with Crippen LogP contribution in [-0.4, -0.2) is 49.2 Å². The van der Waals surface area contributed by atoms with Gasteiger partial charge in [0.1, 0.15) is 0 Å². The van der Waals surface area contributed by atoms with Crippen LogP contribution in [0, 0.1) is 0 Å². The lowest BCUT2D eigenvalue weighted by Gasteiger charge is -2.19. The molecule has 268 valence electrons. The molecule has 0 unspecified atom stereocenters. The van der Waals surface area contributed by atoms with Gasteiger partial charge in [-0.15, -0.1) is 0 Å². The number of likely N-dealkylation sites (tertiary alicyclic amines) is 1. The van der Waals surface area contributed by atoms with Crippen LogP contribution in [0.15, 0.2) is 24.3 Å². The van der Waals surface area contributed by atoms with Crippen molar-refractivity contribution in [3.8, 4) is 0 Å². The van der Waals surface area contributed by atoms with Crippen LogP contribution >= 0.6 is 0 Å². The summed E-state index contributed by atoms with van der Waals surface area (Å²) in [5.74, 6) is -0.313. The molecule has 0 aromatic carbocycles. The van der Waals surface area contributed by atoms with Gasteiger partial charge in [0.25, 0.3) is 0 Å². The van der Waals surface area contributed by atoms with E-state index in [4.69, 9.17) is 9.47 Å². The molecule has 2 atom stereocenters. The van der Waals surface area contributed by atoms with E-state index in [-0.39, 0.29) is 24.1 Å². The third kappa shape index (κ3) is 26.4. The molecule has 0 radical (unpaired) electrons. The fourth-order valence-electron chi connectivity index (χ4n) is 6.29. The number of hydrogen-bond acceptors (Lipinski definition) is 5. The van der Waals surface area contributed by atoms with E-state index >= 15 is 0 Å². The zero-order valence-electron chi connectivity index (χ0n) is 30.8. The molecule has 5 heteroatoms. The molecule has 0 aromatic rings. The molecule has 0 saturated carbocycles. The Morgan fingerprint density at radius 3 is 1.09 bits per heavy atom. The van der Waals surface area contributed by atoms with Crippen LogP contribution in [0.3, 0.4) is 0 Å². The van der Waals surface area contributed by atoms with E-state index in [0.717, 1.165) is 25.7 Å². The van der Waals surface area contributed by atoms with Crippen LogP contribution in [0.5, 0.6) is 0 Å². The second-order valence-corrected chi connectivity index (χ2v) is 13.9. The van der Waals surface area contributed by atoms with Crippen molar-refractivity contribution >= 4 is 11.9 Å². The summed E-state index contributed by atoms with van der Waals surface area (Å²) in [6.07, 6.45) is 41.9. The lowest BCUT2D eigenvalue weighted by molar-refractivity contribution is -0.164. The summed E-state index contributed by atoms with van der Waals surface area (Å²) in [6, 6.07) is 0. The normalized spacial score (nSPS) is 17.0. The van der Waals surface area contributed by atoms with E-state index in [1.54, 1.807) is 0 Å². The van der Waals surface area contributed by atoms with Gasteiger partial charge in [0, 0.05) is 25.9 Å². The fourth-order valence-corrected chi connectivity index (χ4v) is 6.29. The van der Waals surface area contributed by atoms with E-state index in [1.165, 1.54) is 141 Å². The second kappa shape index (κ2) is 32.0. The number of hydrogen-bond donors (Lipinski definition) is 0. The van der Waals surface area contributed by atoms with Crippen molar-refractivity contribution in [3.05, 3.63) is 24.3 Å². The maximum atomic E-state index is 12.5. The number of allylic oxidation sites excluding steroid dienone is 4. The number of unbranched alkanes of at least 4 members (excludes halogenated alkanes) is 22. The number of ether oxygens (including phenoxy) is 2. The van der Waals surface area contributed by atoms with Gasteiger partial charge in [-0.3, -0.25) is 14.5 Å². The maximum Gasteiger partial charge on any atom is 0.306 e. The van der Waals surface area contributed by atoms with Gasteiger partial charge in [0.15, 0.2) is 12.2 Å². The second-order valence-electron chi connectivity index (χ2n) is 13.9. The molecule has 0 N–H and O–H groups in total. The average Bonchev–Trinajstić information content (AvgIpc) is 3.38. The third-order valence-corrected chi connectivity index (χ3v) is 9.25. The molecule has 5 nitrogen and oxygen atoms in total. The molecule has 0 aromatic heterocycles. The third-order valence-electron chi connectivity index (χ3n) is 9.25. The summed E-state index contributed by atoms with van der Waals surface area (Å²) in [5.41, 5.74) is 0. The molecule has 0 aliphatic carbocycles. The zero-order valence-corrected chi connectivity index (χ0v) is 30.8. The molecule has 0 spiro atoms. The lowest BCUT2D eigenvalue weighted by Crippen LogP contribution is -2.33. The van der Waals surface area contributed by atoms with Gasteiger partial charge in [-0.05, 0) is 71.3 Å². The molecule has 1 saturated heterocycles. The Bertz CT molecular complexity index is 702. The number of rotatable bonds is 32. The SMILES string of the molecule is CCCCCCCC/C=C\CCCCCCCC(=O)O[C@@H]1CN(C)C[C@H]1OC(=O)CCCCCCC/C=C\CCCCCCCC. The molecule has 0 amide bonds. The van der Waals surface area contributed by atoms with E-state index in [9.17, 15) is 9.59 Å². The first-order chi connectivity index (χ1) is 22.6. The molecule has 0 bridgehead atoms. The lowest BCUT2D eigenvalue weighted by atomic mass is 10.1. The van der Waals surface area contributed by atoms with Crippen LogP contribution in [0.2, 0.25) is 0 Å². The standard InChI is InChI=1S/C41H75NO4/c1-4-6-8-10-12-14-16-18-20-22-24-26-28-30-32-34-40(43)45-38-36-42(3)37-39(38)46-41(44)35-33-31-29-27-25-23-21-19-17-15-13-11-9-7-5-2/h18-21,38-39H,4-17,22-37H2,1-3H3/b20-18-,21-19-/t38-,39-/m1/s1. The van der Waals surface area contributed by atoms with Crippen LogP contribution in [-0.2, 0) is 19.1 Å². The number of likely N-dealkylation sites (N-methyl/N-ethyl adjacent to an activating group) is 1. The number of carbonyl (C=O) groups is 2. The maximum absolute atomic E-state index is 12.5. The molecular formula is C41H75NO4. The summed E-state index contributed by atoms with van der Waals surface area (Å²) in [4.78, 5) is 27.1. The number of esters is 2. The first kappa shape index (κ1) is 42.4. The van der Waals surface area contributed by atoms with Crippen molar-refractivity contribution in [2.24, 2.45) is 0 Å². The van der Waals surface area contributed by atoms with Crippen molar-refractivity contribution in [1.29, 1.82) is 0 Å². The van der Waals surface area contributed by atoms with Gasteiger partial charge in [-0.1, -0.05) is 141 Å². The Balaban J connectivity index is 2.01. The van der Waals surface area contributed by atoms with E-state index < -0.39 is 0 Å². The quantitative estimate of drug-likeness (QED) is 0.0414. The minimum Gasteiger partial charge on any atom is -0.457 e. The van der Waals surface area contributed by atoms with Crippen molar-refractivity contribution in [3.63, 3.8) is 0 Å². The first-order valence-electron chi connectivity index (χ1n) is 19.9. The monoisotopic (exact) mass is 646 g/mol. The highest BCUT2D eigenvalue weighted by Crippen LogP contribution is 2.19. The summed E-state index contributed by atoms with van der Waals surface area (Å²) < 4.78 is 11.5. The summed E-state index contributed by atoms with van der Waals surface area (Å²) in [6.45, 7) is 5.79. The van der Waals surface area contributed by atoms with Gasteiger partial charge >= 0.3 is 11.9 Å². The predicted octanol–water partition coefficient (Wildman–Crippen LogP) is 11.8. The summed E-state index contributed by atoms with van der Waals surface area (Å²) in [5, 5.41) is 0. The van der Waals surface area contributed by atoms with Crippen LogP contribution < -0.4 is 0 Å². The van der Waals surface area contributed by atoms with E-state index in [2.05, 4.69) is 43.1 Å². The van der Waals surface area contributed by atoms with Crippen LogP contribution in [0.4, 0.5) is 0 Å². The van der Waals surface area contributed by atoms with Gasteiger partial charge < -0.3 is 9.47 Å². The van der Waals surface area contributed by atoms with Crippen LogP contribution in [0.1, 0.15) is 194 Å². The molecule has 1 heterocycles. The molecule has 1 aliphatic rings. The summed E-state index contributed by atoms with van der Waals surface area (Å²) >= 11 is 0. The Labute approximate surface area is 285 Å². The Hall–Kier alpha value is -1.62. The molecular weight excluding hydrogens is 570 g/mol. The molecule has 1 rings (SSSR count). The highest BCUT2D eigenvalue weighted by Gasteiger charge is 2.36.